The number of rotatable bonds is 8. The van der Waals surface area contributed by atoms with Crippen LogP contribution in [0.3, 0.4) is 0 Å². The van der Waals surface area contributed by atoms with Gasteiger partial charge in [-0.25, -0.2) is 4.98 Å². The molecule has 1 aliphatic heterocycles. The predicted molar refractivity (Wildman–Crippen MR) is 126 cm³/mol. The monoisotopic (exact) mass is 433 g/mol. The Bertz CT molecular complexity index is 1020. The minimum atomic E-state index is -0.248. The first-order valence-corrected chi connectivity index (χ1v) is 11.3. The van der Waals surface area contributed by atoms with Gasteiger partial charge in [-0.3, -0.25) is 9.69 Å². The van der Waals surface area contributed by atoms with Crippen LogP contribution < -0.4 is 9.64 Å². The molecular weight excluding hydrogens is 402 g/mol. The van der Waals surface area contributed by atoms with E-state index in [1.54, 1.807) is 12.5 Å². The van der Waals surface area contributed by atoms with Gasteiger partial charge in [-0.1, -0.05) is 51.1 Å². The summed E-state index contributed by atoms with van der Waals surface area (Å²) in [5.41, 5.74) is 3.08. The van der Waals surface area contributed by atoms with Gasteiger partial charge in [0.05, 0.1) is 18.4 Å². The van der Waals surface area contributed by atoms with E-state index in [4.69, 9.17) is 9.15 Å². The van der Waals surface area contributed by atoms with Crippen molar-refractivity contribution in [3.05, 3.63) is 66.8 Å². The number of pyridine rings is 1. The van der Waals surface area contributed by atoms with E-state index in [0.29, 0.717) is 11.8 Å². The maximum atomic E-state index is 12.6. The lowest BCUT2D eigenvalue weighted by Crippen LogP contribution is -2.37. The fourth-order valence-electron chi connectivity index (χ4n) is 4.17. The van der Waals surface area contributed by atoms with Crippen molar-refractivity contribution in [1.82, 2.24) is 9.88 Å². The van der Waals surface area contributed by atoms with Gasteiger partial charge in [0.2, 0.25) is 0 Å². The highest BCUT2D eigenvalue weighted by Crippen LogP contribution is 2.39. The normalized spacial score (nSPS) is 16.2. The van der Waals surface area contributed by atoms with Gasteiger partial charge >= 0.3 is 5.97 Å². The van der Waals surface area contributed by atoms with Crippen molar-refractivity contribution >= 4 is 11.8 Å². The molecule has 1 fully saturated rings. The van der Waals surface area contributed by atoms with Crippen molar-refractivity contribution in [2.24, 2.45) is 5.92 Å². The van der Waals surface area contributed by atoms with Crippen molar-refractivity contribution < 1.29 is 13.9 Å². The zero-order chi connectivity index (χ0) is 22.5. The second-order valence-corrected chi connectivity index (χ2v) is 8.54. The molecular formula is C26H31N3O3. The Labute approximate surface area is 189 Å². The number of carbonyl (C=O) groups excluding carboxylic acids is 1. The van der Waals surface area contributed by atoms with Crippen LogP contribution in [0, 0.1) is 5.92 Å². The highest BCUT2D eigenvalue weighted by molar-refractivity contribution is 5.83. The minimum absolute atomic E-state index is 0.219. The van der Waals surface area contributed by atoms with Gasteiger partial charge < -0.3 is 14.1 Å². The van der Waals surface area contributed by atoms with E-state index in [-0.39, 0.29) is 11.9 Å². The number of hydrogen-bond acceptors (Lipinski definition) is 6. The Hall–Kier alpha value is -3.12. The second kappa shape index (κ2) is 10.0. The molecule has 0 amide bonds. The molecule has 3 aromatic rings. The molecule has 6 heteroatoms. The largest absolute Gasteiger partial charge is 0.472 e. The first kappa shape index (κ1) is 22.1. The smallest absolute Gasteiger partial charge is 0.313 e. The fraction of sp³-hybridized carbons (Fsp3) is 0.385. The molecule has 1 aromatic carbocycles. The van der Waals surface area contributed by atoms with Gasteiger partial charge in [-0.2, -0.15) is 0 Å². The lowest BCUT2D eigenvalue weighted by Gasteiger charge is -2.28. The summed E-state index contributed by atoms with van der Waals surface area (Å²) < 4.78 is 11.2. The summed E-state index contributed by atoms with van der Waals surface area (Å²) in [6.45, 7) is 9.40. The number of carbonyl (C=O) groups is 1. The standard InChI is InChI=1S/C26H31N3O3/c1-4-28(16-20-12-15-31-18-20)22-11-14-29(17-22)25-24(32-26(30)19(2)3)23(10-13-27-25)21-8-6-5-7-9-21/h5-10,12-13,15,18-19,22H,4,11,14,16-17H2,1-3H3/t22-/m1/s1. The van der Waals surface area contributed by atoms with Gasteiger partial charge in [-0.15, -0.1) is 0 Å². The molecule has 2 aromatic heterocycles. The van der Waals surface area contributed by atoms with Crippen molar-refractivity contribution in [3.8, 4) is 16.9 Å². The van der Waals surface area contributed by atoms with E-state index >= 15 is 0 Å². The lowest BCUT2D eigenvalue weighted by atomic mass is 10.1. The number of hydrogen-bond donors (Lipinski definition) is 0. The average Bonchev–Trinajstić information content (AvgIpc) is 3.50. The first-order chi connectivity index (χ1) is 15.6. The Kier molecular flexibility index (Phi) is 6.90. The number of likely N-dealkylation sites (N-methyl/N-ethyl adjacent to an activating group) is 1. The van der Waals surface area contributed by atoms with E-state index in [9.17, 15) is 4.79 Å². The van der Waals surface area contributed by atoms with Crippen molar-refractivity contribution in [1.29, 1.82) is 0 Å². The first-order valence-electron chi connectivity index (χ1n) is 11.3. The number of nitrogens with zero attached hydrogens (tertiary/aromatic N) is 3. The Balaban J connectivity index is 1.62. The zero-order valence-electron chi connectivity index (χ0n) is 19.0. The number of ether oxygens (including phenoxy) is 1. The zero-order valence-corrected chi connectivity index (χ0v) is 19.0. The summed E-state index contributed by atoms with van der Waals surface area (Å²) in [5, 5.41) is 0. The quantitative estimate of drug-likeness (QED) is 0.466. The van der Waals surface area contributed by atoms with Crippen LogP contribution in [0.5, 0.6) is 5.75 Å². The Morgan fingerprint density at radius 1 is 1.25 bits per heavy atom. The summed E-state index contributed by atoms with van der Waals surface area (Å²) in [5.74, 6) is 0.823. The number of furan rings is 1. The molecule has 1 atom stereocenters. The Morgan fingerprint density at radius 2 is 2.06 bits per heavy atom. The molecule has 0 bridgehead atoms. The van der Waals surface area contributed by atoms with Crippen molar-refractivity contribution in [2.75, 3.05) is 24.5 Å². The number of benzene rings is 1. The molecule has 32 heavy (non-hydrogen) atoms. The summed E-state index contributed by atoms with van der Waals surface area (Å²) in [7, 11) is 0. The fourth-order valence-corrected chi connectivity index (χ4v) is 4.17. The summed E-state index contributed by atoms with van der Waals surface area (Å²) in [6, 6.07) is 14.4. The molecule has 1 aliphatic rings. The molecule has 0 spiro atoms. The summed E-state index contributed by atoms with van der Waals surface area (Å²) in [4.78, 5) is 22.0. The third-order valence-electron chi connectivity index (χ3n) is 6.00. The van der Waals surface area contributed by atoms with Crippen LogP contribution in [0.15, 0.2) is 65.6 Å². The summed E-state index contributed by atoms with van der Waals surface area (Å²) in [6.07, 6.45) is 6.36. The third kappa shape index (κ3) is 4.86. The maximum Gasteiger partial charge on any atom is 0.313 e. The number of aromatic nitrogens is 1. The van der Waals surface area contributed by atoms with Crippen LogP contribution in [0.4, 0.5) is 5.82 Å². The van der Waals surface area contributed by atoms with Crippen LogP contribution in [0.25, 0.3) is 11.1 Å². The van der Waals surface area contributed by atoms with Crippen LogP contribution >= 0.6 is 0 Å². The molecule has 1 saturated heterocycles. The van der Waals surface area contributed by atoms with Crippen LogP contribution in [0.1, 0.15) is 32.8 Å². The van der Waals surface area contributed by atoms with Gasteiger partial charge in [0.15, 0.2) is 11.6 Å². The van der Waals surface area contributed by atoms with Crippen LogP contribution in [0.2, 0.25) is 0 Å². The molecule has 0 aliphatic carbocycles. The third-order valence-corrected chi connectivity index (χ3v) is 6.00. The highest BCUT2D eigenvalue weighted by Gasteiger charge is 2.31. The van der Waals surface area contributed by atoms with Gasteiger partial charge in [0, 0.05) is 43.0 Å². The molecule has 0 N–H and O–H groups in total. The van der Waals surface area contributed by atoms with Gasteiger partial charge in [-0.05, 0) is 30.7 Å². The van der Waals surface area contributed by atoms with E-state index in [1.165, 1.54) is 5.56 Å². The SMILES string of the molecule is CCN(Cc1ccoc1)[C@@H]1CCN(c2nccc(-c3ccccc3)c2OC(=O)C(C)C)C1. The molecule has 0 saturated carbocycles. The topological polar surface area (TPSA) is 58.8 Å². The van der Waals surface area contributed by atoms with Gasteiger partial charge in [0.1, 0.15) is 0 Å². The highest BCUT2D eigenvalue weighted by atomic mass is 16.5. The molecule has 168 valence electrons. The van der Waals surface area contributed by atoms with Crippen LogP contribution in [-0.2, 0) is 11.3 Å². The molecule has 3 heterocycles. The predicted octanol–water partition coefficient (Wildman–Crippen LogP) is 5.00. The molecule has 4 rings (SSSR count). The van der Waals surface area contributed by atoms with E-state index in [1.807, 2.05) is 62.6 Å². The average molecular weight is 434 g/mol. The van der Waals surface area contributed by atoms with E-state index in [0.717, 1.165) is 49.5 Å². The number of esters is 1. The molecule has 0 radical (unpaired) electrons. The number of anilines is 1. The van der Waals surface area contributed by atoms with Crippen LogP contribution in [-0.4, -0.2) is 41.5 Å². The maximum absolute atomic E-state index is 12.6. The van der Waals surface area contributed by atoms with Gasteiger partial charge in [0.25, 0.3) is 0 Å². The Morgan fingerprint density at radius 3 is 2.75 bits per heavy atom. The van der Waals surface area contributed by atoms with E-state index < -0.39 is 0 Å². The summed E-state index contributed by atoms with van der Waals surface area (Å²) >= 11 is 0. The molecule has 0 unspecified atom stereocenters. The lowest BCUT2D eigenvalue weighted by molar-refractivity contribution is -0.137. The minimum Gasteiger partial charge on any atom is -0.472 e. The molecule has 6 nitrogen and oxygen atoms in total. The van der Waals surface area contributed by atoms with E-state index in [2.05, 4.69) is 21.7 Å². The van der Waals surface area contributed by atoms with Crippen molar-refractivity contribution in [2.45, 2.75) is 39.8 Å². The second-order valence-electron chi connectivity index (χ2n) is 8.54. The van der Waals surface area contributed by atoms with Crippen molar-refractivity contribution in [3.63, 3.8) is 0 Å².